The Bertz CT molecular complexity index is 1350. The Morgan fingerprint density at radius 2 is 2.00 bits per heavy atom. The Labute approximate surface area is 242 Å². The van der Waals surface area contributed by atoms with Crippen molar-refractivity contribution in [3.05, 3.63) is 47.2 Å². The summed E-state index contributed by atoms with van der Waals surface area (Å²) in [5, 5.41) is 8.74. The molecule has 0 unspecified atom stereocenters. The molecule has 6 rings (SSSR count). The molecule has 1 amide bonds. The minimum atomic E-state index is -0.522. The van der Waals surface area contributed by atoms with Gasteiger partial charge >= 0.3 is 6.09 Å². The second kappa shape index (κ2) is 10.7. The van der Waals surface area contributed by atoms with Crippen LogP contribution in [0, 0.1) is 5.92 Å². The smallest absolute Gasteiger partial charge is 0.410 e. The molecule has 1 aliphatic carbocycles. The predicted molar refractivity (Wildman–Crippen MR) is 152 cm³/mol. The number of carbonyl (C=O) groups is 1. The van der Waals surface area contributed by atoms with Crippen LogP contribution in [0.5, 0.6) is 0 Å². The molecule has 3 aromatic rings. The highest BCUT2D eigenvalue weighted by molar-refractivity contribution is 9.10. The summed E-state index contributed by atoms with van der Waals surface area (Å²) >= 11 is 3.36. The van der Waals surface area contributed by atoms with Gasteiger partial charge in [-0.2, -0.15) is 0 Å². The van der Waals surface area contributed by atoms with Crippen molar-refractivity contribution < 1.29 is 14.3 Å². The topological polar surface area (TPSA) is 111 Å². The van der Waals surface area contributed by atoms with Gasteiger partial charge in [-0.3, -0.25) is 9.97 Å². The van der Waals surface area contributed by atoms with Crippen molar-refractivity contribution in [1.82, 2.24) is 34.8 Å². The van der Waals surface area contributed by atoms with Gasteiger partial charge in [-0.25, -0.2) is 14.5 Å². The Morgan fingerprint density at radius 1 is 1.18 bits per heavy atom. The molecule has 3 aromatic heterocycles. The normalized spacial score (nSPS) is 20.6. The third-order valence-electron chi connectivity index (χ3n) is 7.69. The highest BCUT2D eigenvalue weighted by Crippen LogP contribution is 2.35. The third kappa shape index (κ3) is 5.69. The van der Waals surface area contributed by atoms with Gasteiger partial charge in [-0.05, 0) is 80.4 Å². The first-order chi connectivity index (χ1) is 19.2. The summed E-state index contributed by atoms with van der Waals surface area (Å²) in [6.07, 6.45) is 11.3. The van der Waals surface area contributed by atoms with Crippen LogP contribution in [0.15, 0.2) is 41.5 Å². The molecule has 1 saturated carbocycles. The Balaban J connectivity index is 1.18. The highest BCUT2D eigenvalue weighted by atomic mass is 79.9. The van der Waals surface area contributed by atoms with E-state index in [9.17, 15) is 4.79 Å². The number of anilines is 1. The van der Waals surface area contributed by atoms with Gasteiger partial charge in [0.25, 0.3) is 0 Å². The maximum absolute atomic E-state index is 13.1. The SMILES string of the molecule is CC(C)(C)OC(=O)N(CC1CC1)[C@@H]1CCCN(c2ccc(C3(n4cc(-c5cncc(Br)n5)nn4)COC3)nc2)C1. The van der Waals surface area contributed by atoms with Crippen molar-refractivity contribution in [1.29, 1.82) is 0 Å². The minimum Gasteiger partial charge on any atom is -0.444 e. The Hall–Kier alpha value is -3.12. The average molecular weight is 612 g/mol. The molecule has 3 aliphatic rings. The van der Waals surface area contributed by atoms with Gasteiger partial charge in [0.1, 0.15) is 21.6 Å². The summed E-state index contributed by atoms with van der Waals surface area (Å²) in [5.41, 5.74) is 2.16. The van der Waals surface area contributed by atoms with Crippen molar-refractivity contribution >= 4 is 27.7 Å². The lowest BCUT2D eigenvalue weighted by atomic mass is 9.92. The summed E-state index contributed by atoms with van der Waals surface area (Å²) < 4.78 is 13.9. The van der Waals surface area contributed by atoms with Crippen molar-refractivity contribution in [2.75, 3.05) is 37.7 Å². The second-order valence-corrected chi connectivity index (χ2v) is 12.8. The quantitative estimate of drug-likeness (QED) is 0.387. The molecule has 1 atom stereocenters. The van der Waals surface area contributed by atoms with Crippen LogP contribution < -0.4 is 4.90 Å². The lowest BCUT2D eigenvalue weighted by Crippen LogP contribution is -2.53. The highest BCUT2D eigenvalue weighted by Gasteiger charge is 2.45. The van der Waals surface area contributed by atoms with Gasteiger partial charge in [0.05, 0.1) is 55.4 Å². The number of ether oxygens (including phenoxy) is 2. The van der Waals surface area contributed by atoms with Gasteiger partial charge in [0, 0.05) is 19.6 Å². The molecule has 5 heterocycles. The van der Waals surface area contributed by atoms with Crippen LogP contribution >= 0.6 is 15.9 Å². The van der Waals surface area contributed by atoms with Crippen molar-refractivity contribution in [2.24, 2.45) is 5.92 Å². The van der Waals surface area contributed by atoms with Crippen LogP contribution in [0.25, 0.3) is 11.4 Å². The molecule has 0 radical (unpaired) electrons. The van der Waals surface area contributed by atoms with E-state index >= 15 is 0 Å². The van der Waals surface area contributed by atoms with Crippen molar-refractivity contribution in [3.8, 4) is 11.4 Å². The van der Waals surface area contributed by atoms with Crippen LogP contribution in [-0.2, 0) is 15.0 Å². The summed E-state index contributed by atoms with van der Waals surface area (Å²) in [4.78, 5) is 31.0. The van der Waals surface area contributed by atoms with Crippen LogP contribution in [-0.4, -0.2) is 85.4 Å². The van der Waals surface area contributed by atoms with E-state index in [-0.39, 0.29) is 12.1 Å². The van der Waals surface area contributed by atoms with Crippen LogP contribution in [0.4, 0.5) is 10.5 Å². The van der Waals surface area contributed by atoms with Gasteiger partial charge < -0.3 is 19.3 Å². The molecular formula is C28H35BrN8O3. The number of pyridine rings is 1. The standard InChI is InChI=1S/C28H35BrN8O3/c1-27(2,3)40-26(38)36(14-19-6-7-19)21-5-4-10-35(15-21)20-8-9-24(31-11-20)28(17-39-18-28)37-16-23(33-34-37)22-12-30-13-25(29)32-22/h8-9,11-13,16,19,21H,4-7,10,14-15,17-18H2,1-3H3/t21-/m1/s1. The molecule has 12 heteroatoms. The predicted octanol–water partition coefficient (Wildman–Crippen LogP) is 4.28. The van der Waals surface area contributed by atoms with Gasteiger partial charge in [-0.1, -0.05) is 5.21 Å². The van der Waals surface area contributed by atoms with Gasteiger partial charge in [0.15, 0.2) is 5.54 Å². The number of aromatic nitrogens is 6. The number of amides is 1. The van der Waals surface area contributed by atoms with Crippen LogP contribution in [0.3, 0.4) is 0 Å². The molecule has 0 N–H and O–H groups in total. The second-order valence-electron chi connectivity index (χ2n) is 12.0. The van der Waals surface area contributed by atoms with Crippen molar-refractivity contribution in [3.63, 3.8) is 0 Å². The Morgan fingerprint density at radius 3 is 2.65 bits per heavy atom. The summed E-state index contributed by atoms with van der Waals surface area (Å²) in [5.74, 6) is 0.595. The molecule has 40 heavy (non-hydrogen) atoms. The van der Waals surface area contributed by atoms with Crippen molar-refractivity contribution in [2.45, 2.75) is 63.6 Å². The molecule has 3 fully saturated rings. The summed E-state index contributed by atoms with van der Waals surface area (Å²) in [6, 6.07) is 4.28. The largest absolute Gasteiger partial charge is 0.444 e. The number of carbonyl (C=O) groups excluding carboxylic acids is 1. The molecule has 0 bridgehead atoms. The lowest BCUT2D eigenvalue weighted by Gasteiger charge is -2.42. The molecule has 2 saturated heterocycles. The first-order valence-corrected chi connectivity index (χ1v) is 14.7. The number of hydrogen-bond acceptors (Lipinski definition) is 9. The fraction of sp³-hybridized carbons (Fsp3) is 0.571. The average Bonchev–Trinajstić information content (AvgIpc) is 3.60. The first kappa shape index (κ1) is 27.1. The Kier molecular flexibility index (Phi) is 7.24. The van der Waals surface area contributed by atoms with Crippen LogP contribution in [0.2, 0.25) is 0 Å². The fourth-order valence-electron chi connectivity index (χ4n) is 5.31. The maximum Gasteiger partial charge on any atom is 0.410 e. The number of nitrogens with zero attached hydrogens (tertiary/aromatic N) is 8. The molecule has 2 aliphatic heterocycles. The minimum absolute atomic E-state index is 0.116. The maximum atomic E-state index is 13.1. The van der Waals surface area contributed by atoms with Gasteiger partial charge in [-0.15, -0.1) is 5.10 Å². The van der Waals surface area contributed by atoms with E-state index in [1.165, 1.54) is 12.8 Å². The third-order valence-corrected chi connectivity index (χ3v) is 8.07. The molecule has 11 nitrogen and oxygen atoms in total. The molecular weight excluding hydrogens is 576 g/mol. The first-order valence-electron chi connectivity index (χ1n) is 13.9. The zero-order valence-corrected chi connectivity index (χ0v) is 24.7. The van der Waals surface area contributed by atoms with E-state index in [0.29, 0.717) is 35.1 Å². The number of halogens is 1. The number of piperidine rings is 1. The zero-order valence-electron chi connectivity index (χ0n) is 23.2. The van der Waals surface area contributed by atoms with E-state index in [0.717, 1.165) is 43.9 Å². The molecule has 0 spiro atoms. The van der Waals surface area contributed by atoms with Gasteiger partial charge in [0.2, 0.25) is 0 Å². The van der Waals surface area contributed by atoms with E-state index in [1.807, 2.05) is 42.7 Å². The van der Waals surface area contributed by atoms with E-state index in [1.54, 1.807) is 12.4 Å². The molecule has 0 aromatic carbocycles. The zero-order chi connectivity index (χ0) is 27.9. The fourth-order valence-corrected chi connectivity index (χ4v) is 5.62. The lowest BCUT2D eigenvalue weighted by molar-refractivity contribution is -0.0851. The van der Waals surface area contributed by atoms with E-state index < -0.39 is 11.1 Å². The van der Waals surface area contributed by atoms with E-state index in [4.69, 9.17) is 14.5 Å². The summed E-state index contributed by atoms with van der Waals surface area (Å²) in [6.45, 7) is 9.17. The summed E-state index contributed by atoms with van der Waals surface area (Å²) in [7, 11) is 0. The number of hydrogen-bond donors (Lipinski definition) is 0. The monoisotopic (exact) mass is 610 g/mol. The van der Waals surface area contributed by atoms with E-state index in [2.05, 4.69) is 53.2 Å². The van der Waals surface area contributed by atoms with Crippen LogP contribution in [0.1, 0.15) is 52.1 Å². The number of rotatable bonds is 7. The molecule has 212 valence electrons.